The van der Waals surface area contributed by atoms with Gasteiger partial charge < -0.3 is 92.2 Å². The molecule has 0 aliphatic carbocycles. The predicted octanol–water partition coefficient (Wildman–Crippen LogP) is 1.42. The van der Waals surface area contributed by atoms with Crippen LogP contribution in [0.4, 0.5) is 35.3 Å². The molecule has 0 amide bonds. The van der Waals surface area contributed by atoms with Crippen molar-refractivity contribution in [2.75, 3.05) is 100.0 Å². The van der Waals surface area contributed by atoms with Crippen LogP contribution < -0.4 is 48.6 Å². The summed E-state index contributed by atoms with van der Waals surface area (Å²) >= 11 is 0. The summed E-state index contributed by atoms with van der Waals surface area (Å²) in [4.78, 5) is 39.7. The number of nitrogen functional groups attached to an aromatic ring is 6. The van der Waals surface area contributed by atoms with Crippen LogP contribution in [0.15, 0.2) is 66.8 Å². The fourth-order valence-corrected chi connectivity index (χ4v) is 5.75. The van der Waals surface area contributed by atoms with Crippen LogP contribution in [-0.2, 0) is 27.7 Å². The summed E-state index contributed by atoms with van der Waals surface area (Å²) in [6.45, 7) is 21.5. The lowest BCUT2D eigenvalue weighted by molar-refractivity contribution is 0.104. The van der Waals surface area contributed by atoms with E-state index in [-0.39, 0.29) is 124 Å². The molecule has 0 saturated heterocycles. The third-order valence-corrected chi connectivity index (χ3v) is 8.53. The van der Waals surface area contributed by atoms with E-state index in [0.717, 1.165) is 0 Å². The van der Waals surface area contributed by atoms with Crippen molar-refractivity contribution in [2.45, 2.75) is 39.9 Å². The van der Waals surface area contributed by atoms with Gasteiger partial charge in [0.05, 0.1) is 45.2 Å². The maximum absolute atomic E-state index is 12.6. The Balaban J connectivity index is 0.000000901. The molecule has 28 heteroatoms. The van der Waals surface area contributed by atoms with Gasteiger partial charge >= 0.3 is 15.2 Å². The summed E-state index contributed by atoms with van der Waals surface area (Å²) in [5, 5.41) is 24.8. The van der Waals surface area contributed by atoms with Crippen LogP contribution in [0.1, 0.15) is 27.7 Å². The smallest absolute Gasteiger partial charge is 0.356 e. The molecule has 26 nitrogen and oxygen atoms in total. The van der Waals surface area contributed by atoms with Crippen LogP contribution in [0, 0.1) is 0 Å². The first kappa shape index (κ1) is 58.5. The van der Waals surface area contributed by atoms with Crippen molar-refractivity contribution in [1.29, 1.82) is 0 Å². The molecule has 0 bridgehead atoms. The molecular weight excluding hydrogens is 886 g/mol. The van der Waals surface area contributed by atoms with Crippen LogP contribution in [0.25, 0.3) is 0 Å². The van der Waals surface area contributed by atoms with Gasteiger partial charge in [0.1, 0.15) is 50.0 Å². The van der Waals surface area contributed by atoms with Crippen LogP contribution in [0.3, 0.4) is 0 Å². The molecule has 0 radical (unpaired) electrons. The maximum atomic E-state index is 12.6. The summed E-state index contributed by atoms with van der Waals surface area (Å²) in [6.07, 6.45) is -1.32. The molecule has 0 unspecified atom stereocenters. The van der Waals surface area contributed by atoms with Crippen LogP contribution >= 0.6 is 15.2 Å². The number of nitrogens with zero attached hydrogens (tertiary/aromatic N) is 6. The molecule has 3 aromatic heterocycles. The zero-order valence-electron chi connectivity index (χ0n) is 36.2. The Hall–Kier alpha value is -5.50. The lowest BCUT2D eigenvalue weighted by atomic mass is 10.3. The maximum Gasteiger partial charge on any atom is 0.356 e. The fourth-order valence-electron chi connectivity index (χ4n) is 3.65. The molecule has 0 atom stereocenters. The average molecular weight is 949 g/mol. The number of hydrogen-bond donors (Lipinski definition) is 11. The molecule has 0 spiro atoms. The molecule has 0 aromatic carbocycles. The van der Waals surface area contributed by atoms with Gasteiger partial charge in [0.2, 0.25) is 35.5 Å². The normalized spacial score (nSPS) is 10.9. The molecule has 3 rings (SSSR count). The van der Waals surface area contributed by atoms with Crippen molar-refractivity contribution in [2.24, 2.45) is 0 Å². The predicted molar refractivity (Wildman–Crippen MR) is 241 cm³/mol. The zero-order chi connectivity index (χ0) is 49.0. The van der Waals surface area contributed by atoms with Gasteiger partial charge in [-0.25, -0.2) is 0 Å². The van der Waals surface area contributed by atoms with Gasteiger partial charge in [-0.3, -0.25) is 9.13 Å². The van der Waals surface area contributed by atoms with E-state index >= 15 is 0 Å². The number of hydrogen-bond acceptors (Lipinski definition) is 24. The second-order valence-corrected chi connectivity index (χ2v) is 16.8. The zero-order valence-corrected chi connectivity index (χ0v) is 38.0. The lowest BCUT2D eigenvalue weighted by Crippen LogP contribution is -2.14. The Bertz CT molecular complexity index is 1940. The fraction of sp³-hybridized carbons (Fsp3) is 0.444. The highest BCUT2D eigenvalue weighted by molar-refractivity contribution is 7.53. The SMILES string of the molecule is C=C(CO)CO.C=C(CO)COc1cc(N)nc(N)n1.C=C(COCP(=O)(O)O)COc1cc(N)nc(N)n1.C=C(COCP(=O)(OC(C)C)OC(C)C)COc1cc(N)nc(N)n1. The highest BCUT2D eigenvalue weighted by Crippen LogP contribution is 2.50. The largest absolute Gasteiger partial charge is 0.473 e. The van der Waals surface area contributed by atoms with E-state index in [1.807, 2.05) is 0 Å². The number of aliphatic hydroxyl groups is 3. The Labute approximate surface area is 371 Å². The van der Waals surface area contributed by atoms with Crippen molar-refractivity contribution < 1.29 is 67.0 Å². The van der Waals surface area contributed by atoms with Crippen LogP contribution in [0.2, 0.25) is 0 Å². The number of ether oxygens (including phenoxy) is 5. The standard InChI is InChI=1S/C15H27N4O5P.C9H15N4O5P.C8H12N4O2.C4H8O2/c1-10(2)23-25(20,24-11(3)4)9-21-7-12(5)8-22-14-6-13(16)18-15(17)19-14;1-6(3-17-5-19(14,15)16)4-18-8-2-7(10)12-9(11)13-8;1-5(3-13)4-14-7-2-6(9)11-8(10)12-7;1-4(2-5)3-6/h6,10-11H,5,7-9H2,1-4H3,(H4,16,17,18,19);2H,1,3-5H2,(H2,14,15,16)(H4,10,11,12,13);2,13H,1,3-4H2,(H4,9,10,11,12);5-6H,1-3H2. The van der Waals surface area contributed by atoms with Crippen molar-refractivity contribution in [3.8, 4) is 17.6 Å². The molecule has 0 aliphatic heterocycles. The average Bonchev–Trinajstić information content (AvgIpc) is 3.16. The summed E-state index contributed by atoms with van der Waals surface area (Å²) in [7, 11) is -7.51. The van der Waals surface area contributed by atoms with Crippen molar-refractivity contribution in [3.05, 3.63) is 66.8 Å². The highest BCUT2D eigenvalue weighted by atomic mass is 31.2. The Morgan fingerprint density at radius 3 is 1.11 bits per heavy atom. The first-order valence-corrected chi connectivity index (χ1v) is 22.0. The van der Waals surface area contributed by atoms with Gasteiger partial charge in [-0.1, -0.05) is 26.3 Å². The number of rotatable bonds is 24. The molecule has 0 fully saturated rings. The van der Waals surface area contributed by atoms with Crippen molar-refractivity contribution in [3.63, 3.8) is 0 Å². The summed E-state index contributed by atoms with van der Waals surface area (Å²) < 4.78 is 59.9. The first-order chi connectivity index (χ1) is 29.8. The Morgan fingerprint density at radius 2 is 0.844 bits per heavy atom. The second-order valence-electron chi connectivity index (χ2n) is 13.3. The number of aromatic nitrogens is 6. The molecule has 64 heavy (non-hydrogen) atoms. The van der Waals surface area contributed by atoms with Gasteiger partial charge in [0, 0.05) is 18.2 Å². The van der Waals surface area contributed by atoms with Crippen molar-refractivity contribution >= 4 is 50.5 Å². The number of aliphatic hydroxyl groups excluding tert-OH is 3. The molecule has 3 heterocycles. The third kappa shape index (κ3) is 30.5. The van der Waals surface area contributed by atoms with E-state index in [9.17, 15) is 9.13 Å². The molecule has 0 saturated carbocycles. The highest BCUT2D eigenvalue weighted by Gasteiger charge is 2.28. The van der Waals surface area contributed by atoms with Gasteiger partial charge in [-0.15, -0.1) is 0 Å². The minimum absolute atomic E-state index is 0.0154. The molecular formula is C36H62N12O14P2. The van der Waals surface area contributed by atoms with Gasteiger partial charge in [-0.05, 0) is 50.0 Å². The molecule has 3 aromatic rings. The van der Waals surface area contributed by atoms with E-state index in [1.54, 1.807) is 27.7 Å². The molecule has 17 N–H and O–H groups in total. The van der Waals surface area contributed by atoms with E-state index < -0.39 is 21.5 Å². The van der Waals surface area contributed by atoms with E-state index in [2.05, 4.69) is 56.2 Å². The summed E-state index contributed by atoms with van der Waals surface area (Å²) in [5.41, 5.74) is 34.7. The molecule has 360 valence electrons. The minimum atomic E-state index is -4.17. The Morgan fingerprint density at radius 1 is 0.531 bits per heavy atom. The Kier molecular flexibility index (Phi) is 27.9. The second kappa shape index (κ2) is 30.6. The number of nitrogens with two attached hydrogens (primary N) is 6. The summed E-state index contributed by atoms with van der Waals surface area (Å²) in [5.74, 6) is 1.37. The quantitative estimate of drug-likeness (QED) is 0.0447. The van der Waals surface area contributed by atoms with Gasteiger partial charge in [0.15, 0.2) is 0 Å². The van der Waals surface area contributed by atoms with Crippen LogP contribution in [-0.4, -0.2) is 133 Å². The van der Waals surface area contributed by atoms with E-state index in [1.165, 1.54) is 18.2 Å². The molecule has 0 aliphatic rings. The minimum Gasteiger partial charge on any atom is -0.473 e. The number of anilines is 6. The van der Waals surface area contributed by atoms with Crippen LogP contribution in [0.5, 0.6) is 17.6 Å². The first-order valence-electron chi connectivity index (χ1n) is 18.5. The topological polar surface area (TPSA) is 433 Å². The van der Waals surface area contributed by atoms with Gasteiger partial charge in [0.25, 0.3) is 0 Å². The van der Waals surface area contributed by atoms with Gasteiger partial charge in [-0.2, -0.15) is 29.9 Å². The summed E-state index contributed by atoms with van der Waals surface area (Å²) in [6, 6.07) is 4.28. The third-order valence-electron chi connectivity index (χ3n) is 6.03. The van der Waals surface area contributed by atoms with E-state index in [4.69, 9.17) is 92.2 Å². The van der Waals surface area contributed by atoms with E-state index in [0.29, 0.717) is 22.3 Å². The van der Waals surface area contributed by atoms with Crippen molar-refractivity contribution in [1.82, 2.24) is 29.9 Å². The monoisotopic (exact) mass is 948 g/mol. The lowest BCUT2D eigenvalue weighted by Gasteiger charge is -2.22.